The number of aromatic hydroxyl groups is 1. The molecule has 0 aliphatic rings. The van der Waals surface area contributed by atoms with Gasteiger partial charge in [-0.1, -0.05) is 96.8 Å². The Hall–Kier alpha value is -2.54. The molecule has 2 aromatic rings. The smallest absolute Gasteiger partial charge is 0.261 e. The number of nitrogens with one attached hydrogen (secondary N) is 2. The molecule has 206 valence electrons. The average Bonchev–Trinajstić information content (AvgIpc) is 2.88. The van der Waals surface area contributed by atoms with Crippen LogP contribution in [0.15, 0.2) is 53.4 Å². The predicted octanol–water partition coefficient (Wildman–Crippen LogP) is 8.39. The number of hydrogen-bond donors (Lipinski definition) is 3. The Labute approximate surface area is 224 Å². The molecule has 0 bridgehead atoms. The fraction of sp³-hybridized carbons (Fsp3) is 0.567. The van der Waals surface area contributed by atoms with Crippen LogP contribution in [0.1, 0.15) is 110 Å². The predicted molar refractivity (Wildman–Crippen MR) is 154 cm³/mol. The van der Waals surface area contributed by atoms with Gasteiger partial charge in [0, 0.05) is 17.8 Å². The zero-order chi connectivity index (χ0) is 26.8. The summed E-state index contributed by atoms with van der Waals surface area (Å²) in [6, 6.07) is 11.9. The normalized spacial score (nSPS) is 11.4. The number of rotatable bonds is 20. The number of anilines is 2. The molecular weight excluding hydrogens is 484 g/mol. The molecule has 0 aliphatic carbocycles. The van der Waals surface area contributed by atoms with Gasteiger partial charge in [-0.15, -0.1) is 0 Å². The number of phenols is 1. The number of phenolic OH excluding ortho intramolecular Hbond substituents is 1. The largest absolute Gasteiger partial charge is 0.508 e. The lowest BCUT2D eigenvalue weighted by Crippen LogP contribution is -2.14. The summed E-state index contributed by atoms with van der Waals surface area (Å²) >= 11 is 0. The molecule has 0 spiro atoms. The standard InChI is InChI=1S/C30H46N2O4S/c1-2-3-4-5-6-7-8-9-10-11-12-13-14-15-16-17-30(34)31-26-20-24-29(25-21-26)37(35,36)32-27-18-22-28(33)23-19-27/h18-25,32-33H,2-17H2,1H3,(H,31,34). The second-order valence-corrected chi connectivity index (χ2v) is 11.6. The molecule has 0 aromatic heterocycles. The maximum absolute atomic E-state index is 12.5. The second-order valence-electron chi connectivity index (χ2n) is 9.92. The van der Waals surface area contributed by atoms with E-state index in [-0.39, 0.29) is 16.6 Å². The third-order valence-corrected chi connectivity index (χ3v) is 7.97. The lowest BCUT2D eigenvalue weighted by atomic mass is 10.0. The van der Waals surface area contributed by atoms with Gasteiger partial charge < -0.3 is 10.4 Å². The molecule has 0 unspecified atom stereocenters. The Kier molecular flexibility index (Phi) is 14.8. The van der Waals surface area contributed by atoms with Crippen molar-refractivity contribution in [1.29, 1.82) is 0 Å². The van der Waals surface area contributed by atoms with E-state index >= 15 is 0 Å². The summed E-state index contributed by atoms with van der Waals surface area (Å²) in [6.45, 7) is 2.26. The first kappa shape index (κ1) is 30.7. The fourth-order valence-electron chi connectivity index (χ4n) is 4.34. The lowest BCUT2D eigenvalue weighted by molar-refractivity contribution is -0.116. The summed E-state index contributed by atoms with van der Waals surface area (Å²) in [7, 11) is -3.75. The number of carbonyl (C=O) groups excluding carboxylic acids is 1. The molecular formula is C30H46N2O4S. The lowest BCUT2D eigenvalue weighted by Gasteiger charge is -2.10. The summed E-state index contributed by atoms with van der Waals surface area (Å²) in [4.78, 5) is 12.3. The minimum atomic E-state index is -3.75. The highest BCUT2D eigenvalue weighted by molar-refractivity contribution is 7.92. The van der Waals surface area contributed by atoms with Crippen LogP contribution >= 0.6 is 0 Å². The van der Waals surface area contributed by atoms with Crippen molar-refractivity contribution in [3.05, 3.63) is 48.5 Å². The van der Waals surface area contributed by atoms with E-state index in [9.17, 15) is 18.3 Å². The molecule has 1 amide bonds. The van der Waals surface area contributed by atoms with Crippen molar-refractivity contribution in [2.45, 2.75) is 115 Å². The molecule has 2 rings (SSSR count). The van der Waals surface area contributed by atoms with Gasteiger partial charge in [0.1, 0.15) is 5.75 Å². The van der Waals surface area contributed by atoms with Crippen molar-refractivity contribution in [3.8, 4) is 5.75 Å². The number of benzene rings is 2. The fourth-order valence-corrected chi connectivity index (χ4v) is 5.40. The highest BCUT2D eigenvalue weighted by Gasteiger charge is 2.14. The van der Waals surface area contributed by atoms with Gasteiger partial charge in [-0.2, -0.15) is 0 Å². The zero-order valence-electron chi connectivity index (χ0n) is 22.5. The maximum atomic E-state index is 12.5. The Morgan fingerprint density at radius 1 is 0.649 bits per heavy atom. The molecule has 0 aliphatic heterocycles. The first-order chi connectivity index (χ1) is 17.9. The van der Waals surface area contributed by atoms with Gasteiger partial charge in [0.05, 0.1) is 4.90 Å². The zero-order valence-corrected chi connectivity index (χ0v) is 23.3. The number of sulfonamides is 1. The van der Waals surface area contributed by atoms with Gasteiger partial charge in [-0.05, 0) is 55.0 Å². The van der Waals surface area contributed by atoms with Gasteiger partial charge in [0.2, 0.25) is 5.91 Å². The summed E-state index contributed by atoms with van der Waals surface area (Å²) in [5.41, 5.74) is 0.938. The van der Waals surface area contributed by atoms with Gasteiger partial charge >= 0.3 is 0 Å². The molecule has 0 heterocycles. The molecule has 0 atom stereocenters. The summed E-state index contributed by atoms with van der Waals surface area (Å²) in [6.07, 6.45) is 19.9. The highest BCUT2D eigenvalue weighted by atomic mass is 32.2. The molecule has 37 heavy (non-hydrogen) atoms. The topological polar surface area (TPSA) is 95.5 Å². The van der Waals surface area contributed by atoms with Crippen LogP contribution in [0.2, 0.25) is 0 Å². The summed E-state index contributed by atoms with van der Waals surface area (Å²) in [5.74, 6) is 0.0138. The number of hydrogen-bond acceptors (Lipinski definition) is 4. The van der Waals surface area contributed by atoms with Crippen LogP contribution in [0.5, 0.6) is 5.75 Å². The molecule has 0 saturated heterocycles. The molecule has 2 aromatic carbocycles. The van der Waals surface area contributed by atoms with Crippen LogP contribution in [-0.4, -0.2) is 19.4 Å². The molecule has 0 fully saturated rings. The van der Waals surface area contributed by atoms with Crippen molar-refractivity contribution in [1.82, 2.24) is 0 Å². The maximum Gasteiger partial charge on any atom is 0.261 e. The van der Waals surface area contributed by atoms with Gasteiger partial charge in [-0.25, -0.2) is 8.42 Å². The monoisotopic (exact) mass is 530 g/mol. The van der Waals surface area contributed by atoms with Crippen LogP contribution in [0, 0.1) is 0 Å². The van der Waals surface area contributed by atoms with E-state index in [2.05, 4.69) is 17.0 Å². The number of carbonyl (C=O) groups is 1. The minimum absolute atomic E-state index is 0.0486. The quantitative estimate of drug-likeness (QED) is 0.118. The number of unbranched alkanes of at least 4 members (excludes halogenated alkanes) is 14. The summed E-state index contributed by atoms with van der Waals surface area (Å²) < 4.78 is 27.5. The van der Waals surface area contributed by atoms with Crippen LogP contribution in [0.4, 0.5) is 11.4 Å². The van der Waals surface area contributed by atoms with Gasteiger partial charge in [0.25, 0.3) is 10.0 Å². The van der Waals surface area contributed by atoms with Crippen LogP contribution < -0.4 is 10.0 Å². The van der Waals surface area contributed by atoms with Crippen LogP contribution in [0.25, 0.3) is 0 Å². The molecule has 0 radical (unpaired) electrons. The third-order valence-electron chi connectivity index (χ3n) is 6.58. The van der Waals surface area contributed by atoms with Crippen molar-refractivity contribution < 1.29 is 18.3 Å². The minimum Gasteiger partial charge on any atom is -0.508 e. The van der Waals surface area contributed by atoms with E-state index in [1.165, 1.54) is 120 Å². The first-order valence-electron chi connectivity index (χ1n) is 14.1. The summed E-state index contributed by atoms with van der Waals surface area (Å²) in [5, 5.41) is 12.2. The van der Waals surface area contributed by atoms with E-state index < -0.39 is 10.0 Å². The van der Waals surface area contributed by atoms with E-state index in [4.69, 9.17) is 0 Å². The highest BCUT2D eigenvalue weighted by Crippen LogP contribution is 2.20. The average molecular weight is 531 g/mol. The molecule has 7 heteroatoms. The molecule has 0 saturated carbocycles. The number of amides is 1. The van der Waals surface area contributed by atoms with Crippen molar-refractivity contribution in [2.24, 2.45) is 0 Å². The SMILES string of the molecule is CCCCCCCCCCCCCCCCCC(=O)Nc1ccc(S(=O)(=O)Nc2ccc(O)cc2)cc1. The van der Waals surface area contributed by atoms with Gasteiger partial charge in [-0.3, -0.25) is 9.52 Å². The second kappa shape index (κ2) is 17.8. The van der Waals surface area contributed by atoms with E-state index in [0.29, 0.717) is 17.8 Å². The van der Waals surface area contributed by atoms with E-state index in [1.807, 2.05) is 0 Å². The van der Waals surface area contributed by atoms with Crippen molar-refractivity contribution in [2.75, 3.05) is 10.0 Å². The first-order valence-corrected chi connectivity index (χ1v) is 15.6. The third kappa shape index (κ3) is 13.5. The van der Waals surface area contributed by atoms with Crippen molar-refractivity contribution in [3.63, 3.8) is 0 Å². The Morgan fingerprint density at radius 2 is 1.08 bits per heavy atom. The Bertz CT molecular complexity index is 989. The van der Waals surface area contributed by atoms with Crippen LogP contribution in [0.3, 0.4) is 0 Å². The van der Waals surface area contributed by atoms with Crippen molar-refractivity contribution >= 4 is 27.3 Å². The Balaban J connectivity index is 1.51. The van der Waals surface area contributed by atoms with Gasteiger partial charge in [0.15, 0.2) is 0 Å². The molecule has 6 nitrogen and oxygen atoms in total. The van der Waals surface area contributed by atoms with E-state index in [0.717, 1.165) is 12.8 Å². The Morgan fingerprint density at radius 3 is 1.57 bits per heavy atom. The molecule has 3 N–H and O–H groups in total. The van der Waals surface area contributed by atoms with Crippen LogP contribution in [-0.2, 0) is 14.8 Å². The van der Waals surface area contributed by atoms with E-state index in [1.54, 1.807) is 12.1 Å².